The van der Waals surface area contributed by atoms with Crippen LogP contribution in [0.5, 0.6) is 0 Å². The van der Waals surface area contributed by atoms with Crippen molar-refractivity contribution in [2.75, 3.05) is 12.8 Å². The molecule has 0 aromatic carbocycles. The molecule has 0 aliphatic heterocycles. The van der Waals surface area contributed by atoms with Gasteiger partial charge in [-0.3, -0.25) is 4.99 Å². The Hall–Kier alpha value is -1.35. The summed E-state index contributed by atoms with van der Waals surface area (Å²) in [6.45, 7) is 0.322. The molecule has 0 aromatic rings. The van der Waals surface area contributed by atoms with Crippen LogP contribution in [0.25, 0.3) is 0 Å². The second-order valence-electron chi connectivity index (χ2n) is 3.16. The lowest BCUT2D eigenvalue weighted by Crippen LogP contribution is -2.33. The summed E-state index contributed by atoms with van der Waals surface area (Å²) in [4.78, 5) is 14.8. The molecule has 6 N–H and O–H groups in total. The lowest BCUT2D eigenvalue weighted by atomic mass is 10.2. The third-order valence-electron chi connectivity index (χ3n) is 1.50. The molecule has 16 heavy (non-hydrogen) atoms. The molecule has 0 fully saturated rings. The van der Waals surface area contributed by atoms with Crippen molar-refractivity contribution >= 4 is 22.0 Å². The van der Waals surface area contributed by atoms with E-state index in [-0.39, 0.29) is 12.4 Å². The van der Waals surface area contributed by atoms with Crippen LogP contribution in [0.2, 0.25) is 0 Å². The Morgan fingerprint density at radius 1 is 1.44 bits per heavy atom. The van der Waals surface area contributed by atoms with E-state index in [0.717, 1.165) is 6.26 Å². The number of nitrogens with zero attached hydrogens (tertiary/aromatic N) is 1. The SMILES string of the molecule is CS(=O)(=O)OC(=O)[C@@H](N)CCCN=C(N)N. The molecule has 1 atom stereocenters. The van der Waals surface area contributed by atoms with Gasteiger partial charge in [0, 0.05) is 6.54 Å². The molecule has 0 saturated heterocycles. The summed E-state index contributed by atoms with van der Waals surface area (Å²) in [7, 11) is -3.81. The molecule has 0 heterocycles. The first-order valence-electron chi connectivity index (χ1n) is 4.46. The maximum absolute atomic E-state index is 11.1. The van der Waals surface area contributed by atoms with Crippen molar-refractivity contribution in [2.24, 2.45) is 22.2 Å². The fraction of sp³-hybridized carbons (Fsp3) is 0.714. The molecule has 0 unspecified atom stereocenters. The number of rotatable bonds is 6. The van der Waals surface area contributed by atoms with Crippen LogP contribution in [0.1, 0.15) is 12.8 Å². The van der Waals surface area contributed by atoms with Crippen LogP contribution in [-0.2, 0) is 19.1 Å². The van der Waals surface area contributed by atoms with E-state index in [2.05, 4.69) is 9.18 Å². The number of carbonyl (C=O) groups is 1. The summed E-state index contributed by atoms with van der Waals surface area (Å²) in [5.74, 6) is -1.03. The Labute approximate surface area is 94.0 Å². The van der Waals surface area contributed by atoms with Gasteiger partial charge in [-0.05, 0) is 12.8 Å². The average molecular weight is 252 g/mol. The zero-order valence-corrected chi connectivity index (χ0v) is 9.74. The Bertz CT molecular complexity index is 361. The zero-order valence-electron chi connectivity index (χ0n) is 8.92. The molecule has 0 aliphatic carbocycles. The van der Waals surface area contributed by atoms with E-state index < -0.39 is 22.1 Å². The molecule has 0 amide bonds. The van der Waals surface area contributed by atoms with Crippen molar-refractivity contribution in [2.45, 2.75) is 18.9 Å². The van der Waals surface area contributed by atoms with E-state index in [1.807, 2.05) is 0 Å². The predicted molar refractivity (Wildman–Crippen MR) is 58.8 cm³/mol. The Balaban J connectivity index is 3.94. The number of hydrogen-bond donors (Lipinski definition) is 3. The molecule has 0 rings (SSSR count). The normalized spacial score (nSPS) is 12.9. The second kappa shape index (κ2) is 6.28. The van der Waals surface area contributed by atoms with Crippen LogP contribution in [0, 0.1) is 0 Å². The van der Waals surface area contributed by atoms with E-state index in [1.54, 1.807) is 0 Å². The van der Waals surface area contributed by atoms with Gasteiger partial charge >= 0.3 is 16.1 Å². The number of hydrogen-bond acceptors (Lipinski definition) is 6. The zero-order chi connectivity index (χ0) is 12.8. The molecule has 94 valence electrons. The molecule has 0 spiro atoms. The van der Waals surface area contributed by atoms with Crippen LogP contribution in [-0.4, -0.2) is 39.2 Å². The number of nitrogens with two attached hydrogens (primary N) is 3. The van der Waals surface area contributed by atoms with E-state index in [4.69, 9.17) is 17.2 Å². The van der Waals surface area contributed by atoms with Gasteiger partial charge in [-0.15, -0.1) is 0 Å². The van der Waals surface area contributed by atoms with Gasteiger partial charge in [0.05, 0.1) is 6.26 Å². The van der Waals surface area contributed by atoms with Crippen LogP contribution < -0.4 is 17.2 Å². The maximum atomic E-state index is 11.1. The minimum atomic E-state index is -3.81. The lowest BCUT2D eigenvalue weighted by molar-refractivity contribution is -0.135. The standard InChI is InChI=1S/C7H16N4O4S/c1-16(13,14)15-6(12)5(8)3-2-4-11-7(9)10/h5H,2-4,8H2,1H3,(H4,9,10,11)/t5-/m0/s1. The lowest BCUT2D eigenvalue weighted by Gasteiger charge is -2.08. The number of carbonyl (C=O) groups excluding carboxylic acids is 1. The van der Waals surface area contributed by atoms with E-state index in [0.29, 0.717) is 13.0 Å². The fourth-order valence-electron chi connectivity index (χ4n) is 0.848. The minimum Gasteiger partial charge on any atom is -0.370 e. The molecular formula is C7H16N4O4S. The van der Waals surface area contributed by atoms with Gasteiger partial charge < -0.3 is 21.4 Å². The molecule has 0 aliphatic rings. The maximum Gasteiger partial charge on any atom is 0.338 e. The van der Waals surface area contributed by atoms with Crippen molar-refractivity contribution in [1.29, 1.82) is 0 Å². The summed E-state index contributed by atoms with van der Waals surface area (Å²) in [5.41, 5.74) is 15.5. The van der Waals surface area contributed by atoms with Crippen LogP contribution in [0.4, 0.5) is 0 Å². The first kappa shape index (κ1) is 14.6. The monoisotopic (exact) mass is 252 g/mol. The van der Waals surface area contributed by atoms with Gasteiger partial charge in [0.2, 0.25) is 0 Å². The minimum absolute atomic E-state index is 0.0488. The van der Waals surface area contributed by atoms with Gasteiger partial charge in [0.25, 0.3) is 0 Å². The molecule has 0 aromatic heterocycles. The predicted octanol–water partition coefficient (Wildman–Crippen LogP) is -2.13. The number of guanidine groups is 1. The summed E-state index contributed by atoms with van der Waals surface area (Å²) in [5, 5.41) is 0. The first-order valence-corrected chi connectivity index (χ1v) is 6.28. The summed E-state index contributed by atoms with van der Waals surface area (Å²) in [6, 6.07) is -0.996. The van der Waals surface area contributed by atoms with Crippen molar-refractivity contribution < 1.29 is 17.4 Å². The Morgan fingerprint density at radius 3 is 2.44 bits per heavy atom. The average Bonchev–Trinajstić information content (AvgIpc) is 2.08. The number of aliphatic imine (C=N–C) groups is 1. The highest BCUT2D eigenvalue weighted by molar-refractivity contribution is 7.86. The highest BCUT2D eigenvalue weighted by atomic mass is 32.2. The van der Waals surface area contributed by atoms with E-state index in [9.17, 15) is 13.2 Å². The van der Waals surface area contributed by atoms with Crippen molar-refractivity contribution in [3.8, 4) is 0 Å². The molecule has 8 nitrogen and oxygen atoms in total. The van der Waals surface area contributed by atoms with Crippen molar-refractivity contribution in [1.82, 2.24) is 0 Å². The molecule has 0 radical (unpaired) electrons. The van der Waals surface area contributed by atoms with Gasteiger partial charge in [0.15, 0.2) is 5.96 Å². The smallest absolute Gasteiger partial charge is 0.338 e. The van der Waals surface area contributed by atoms with Crippen LogP contribution in [0.3, 0.4) is 0 Å². The first-order chi connectivity index (χ1) is 7.22. The fourth-order valence-corrected chi connectivity index (χ4v) is 1.27. The largest absolute Gasteiger partial charge is 0.370 e. The van der Waals surface area contributed by atoms with E-state index in [1.165, 1.54) is 0 Å². The van der Waals surface area contributed by atoms with Gasteiger partial charge in [0.1, 0.15) is 6.04 Å². The van der Waals surface area contributed by atoms with Crippen LogP contribution in [0.15, 0.2) is 4.99 Å². The highest BCUT2D eigenvalue weighted by Gasteiger charge is 2.18. The summed E-state index contributed by atoms with van der Waals surface area (Å²) in [6.07, 6.45) is 1.47. The third kappa shape index (κ3) is 8.00. The Kier molecular flexibility index (Phi) is 5.75. The van der Waals surface area contributed by atoms with Crippen molar-refractivity contribution in [3.63, 3.8) is 0 Å². The molecular weight excluding hydrogens is 236 g/mol. The van der Waals surface area contributed by atoms with Gasteiger partial charge in [-0.1, -0.05) is 0 Å². The second-order valence-corrected chi connectivity index (χ2v) is 4.74. The summed E-state index contributed by atoms with van der Waals surface area (Å²) < 4.78 is 25.3. The highest BCUT2D eigenvalue weighted by Crippen LogP contribution is 2.00. The molecule has 9 heteroatoms. The van der Waals surface area contributed by atoms with E-state index >= 15 is 0 Å². The topological polar surface area (TPSA) is 151 Å². The van der Waals surface area contributed by atoms with Crippen molar-refractivity contribution in [3.05, 3.63) is 0 Å². The van der Waals surface area contributed by atoms with Gasteiger partial charge in [-0.2, -0.15) is 8.42 Å². The summed E-state index contributed by atoms with van der Waals surface area (Å²) >= 11 is 0. The van der Waals surface area contributed by atoms with Gasteiger partial charge in [-0.25, -0.2) is 4.79 Å². The van der Waals surface area contributed by atoms with Crippen LogP contribution >= 0.6 is 0 Å². The Morgan fingerprint density at radius 2 is 2.00 bits per heavy atom. The molecule has 0 bridgehead atoms. The third-order valence-corrected chi connectivity index (χ3v) is 1.97. The quantitative estimate of drug-likeness (QED) is 0.211. The molecule has 0 saturated carbocycles.